The van der Waals surface area contributed by atoms with Gasteiger partial charge in [0.25, 0.3) is 0 Å². The molecule has 6 unspecified atom stereocenters. The Labute approximate surface area is 151 Å². The second-order valence-corrected chi connectivity index (χ2v) is 9.39. The van der Waals surface area contributed by atoms with E-state index in [0.717, 1.165) is 64.2 Å². The van der Waals surface area contributed by atoms with E-state index in [1.165, 1.54) is 12.8 Å². The standard InChI is InChI=1S/C20H35ClO3/c21-17-11-15(9-13-5-1-3-7-18(13)22)20(24)16(12-17)10-14-6-2-4-8-19(14)23/h13-20,22-24H,1-12H2. The number of aliphatic hydroxyl groups is 3. The largest absolute Gasteiger partial charge is 0.393 e. The number of halogens is 1. The topological polar surface area (TPSA) is 60.7 Å². The average molecular weight is 359 g/mol. The molecule has 0 saturated heterocycles. The molecule has 3 aliphatic rings. The summed E-state index contributed by atoms with van der Waals surface area (Å²) < 4.78 is 0. The molecule has 0 bridgehead atoms. The maximum atomic E-state index is 11.0. The van der Waals surface area contributed by atoms with Crippen molar-refractivity contribution in [1.29, 1.82) is 0 Å². The molecule has 0 spiro atoms. The monoisotopic (exact) mass is 358 g/mol. The second-order valence-electron chi connectivity index (χ2n) is 8.77. The molecular weight excluding hydrogens is 324 g/mol. The van der Waals surface area contributed by atoms with Crippen molar-refractivity contribution >= 4 is 11.6 Å². The maximum absolute atomic E-state index is 11.0. The minimum absolute atomic E-state index is 0.130. The number of hydrogen-bond donors (Lipinski definition) is 3. The Bertz CT molecular complexity index is 357. The van der Waals surface area contributed by atoms with Crippen LogP contribution in [-0.2, 0) is 0 Å². The summed E-state index contributed by atoms with van der Waals surface area (Å²) in [5.74, 6) is 1.09. The van der Waals surface area contributed by atoms with Crippen molar-refractivity contribution in [3.05, 3.63) is 0 Å². The molecule has 3 saturated carbocycles. The Morgan fingerprint density at radius 1 is 0.625 bits per heavy atom. The highest BCUT2D eigenvalue weighted by Gasteiger charge is 2.40. The van der Waals surface area contributed by atoms with Crippen molar-refractivity contribution in [1.82, 2.24) is 0 Å². The average Bonchev–Trinajstić information content (AvgIpc) is 2.56. The highest BCUT2D eigenvalue weighted by Crippen LogP contribution is 2.43. The predicted molar refractivity (Wildman–Crippen MR) is 97.0 cm³/mol. The van der Waals surface area contributed by atoms with Gasteiger partial charge in [0.2, 0.25) is 0 Å². The summed E-state index contributed by atoms with van der Waals surface area (Å²) in [4.78, 5) is 0. The van der Waals surface area contributed by atoms with Gasteiger partial charge in [0.1, 0.15) is 0 Å². The number of rotatable bonds is 4. The van der Waals surface area contributed by atoms with Crippen LogP contribution in [0.3, 0.4) is 0 Å². The smallest absolute Gasteiger partial charge is 0.0597 e. The molecule has 0 aliphatic heterocycles. The molecule has 0 amide bonds. The van der Waals surface area contributed by atoms with Crippen molar-refractivity contribution in [3.8, 4) is 0 Å². The molecule has 3 N–H and O–H groups in total. The molecule has 140 valence electrons. The van der Waals surface area contributed by atoms with Gasteiger partial charge in [-0.3, -0.25) is 0 Å². The molecule has 6 atom stereocenters. The van der Waals surface area contributed by atoms with Gasteiger partial charge in [-0.2, -0.15) is 0 Å². The molecule has 3 fully saturated rings. The fraction of sp³-hybridized carbons (Fsp3) is 1.00. The summed E-state index contributed by atoms with van der Waals surface area (Å²) in [5, 5.41) is 31.6. The van der Waals surface area contributed by atoms with Crippen molar-refractivity contribution in [2.45, 2.75) is 101 Å². The van der Waals surface area contributed by atoms with Gasteiger partial charge >= 0.3 is 0 Å². The summed E-state index contributed by atoms with van der Waals surface area (Å²) in [6.45, 7) is 0. The fourth-order valence-electron chi connectivity index (χ4n) is 5.59. The van der Waals surface area contributed by atoms with Crippen LogP contribution in [0.15, 0.2) is 0 Å². The molecule has 3 aliphatic carbocycles. The van der Waals surface area contributed by atoms with Crippen LogP contribution in [0.2, 0.25) is 0 Å². The summed E-state index contributed by atoms with van der Waals surface area (Å²) >= 11 is 6.54. The molecule has 3 rings (SSSR count). The molecule has 0 radical (unpaired) electrons. The first-order valence-electron chi connectivity index (χ1n) is 10.2. The zero-order valence-electron chi connectivity index (χ0n) is 14.8. The van der Waals surface area contributed by atoms with Crippen LogP contribution in [0.25, 0.3) is 0 Å². The third-order valence-electron chi connectivity index (χ3n) is 7.03. The Hall–Kier alpha value is 0.170. The summed E-state index contributed by atoms with van der Waals surface area (Å²) in [5.41, 5.74) is 0. The van der Waals surface area contributed by atoms with Gasteiger partial charge < -0.3 is 15.3 Å². The molecule has 0 heterocycles. The molecule has 3 nitrogen and oxygen atoms in total. The molecule has 0 aromatic rings. The number of hydrogen-bond acceptors (Lipinski definition) is 3. The van der Waals surface area contributed by atoms with Gasteiger partial charge in [-0.15, -0.1) is 11.6 Å². The lowest BCUT2D eigenvalue weighted by Crippen LogP contribution is -2.42. The third-order valence-corrected chi connectivity index (χ3v) is 7.39. The Morgan fingerprint density at radius 2 is 1.04 bits per heavy atom. The van der Waals surface area contributed by atoms with Gasteiger partial charge in [0, 0.05) is 5.38 Å². The quantitative estimate of drug-likeness (QED) is 0.668. The minimum atomic E-state index is -0.316. The number of aliphatic hydroxyl groups excluding tert-OH is 3. The van der Waals surface area contributed by atoms with E-state index in [-0.39, 0.29) is 35.5 Å². The van der Waals surface area contributed by atoms with E-state index in [0.29, 0.717) is 11.8 Å². The predicted octanol–water partition coefficient (Wildman–Crippen LogP) is 3.86. The maximum Gasteiger partial charge on any atom is 0.0597 e. The molecule has 0 aromatic heterocycles. The zero-order valence-corrected chi connectivity index (χ0v) is 15.6. The van der Waals surface area contributed by atoms with E-state index in [1.807, 2.05) is 0 Å². The van der Waals surface area contributed by atoms with Crippen molar-refractivity contribution < 1.29 is 15.3 Å². The van der Waals surface area contributed by atoms with Crippen LogP contribution in [0.4, 0.5) is 0 Å². The zero-order chi connectivity index (χ0) is 17.1. The molecule has 0 aromatic carbocycles. The van der Waals surface area contributed by atoms with Crippen LogP contribution in [0, 0.1) is 23.7 Å². The van der Waals surface area contributed by atoms with E-state index in [1.54, 1.807) is 0 Å². The van der Waals surface area contributed by atoms with Gasteiger partial charge in [-0.25, -0.2) is 0 Å². The van der Waals surface area contributed by atoms with E-state index >= 15 is 0 Å². The van der Waals surface area contributed by atoms with Crippen molar-refractivity contribution in [2.75, 3.05) is 0 Å². The lowest BCUT2D eigenvalue weighted by atomic mass is 9.68. The fourth-order valence-corrected chi connectivity index (χ4v) is 6.05. The van der Waals surface area contributed by atoms with E-state index < -0.39 is 0 Å². The van der Waals surface area contributed by atoms with Crippen molar-refractivity contribution in [2.24, 2.45) is 23.7 Å². The first kappa shape index (κ1) is 18.9. The molecular formula is C20H35ClO3. The second kappa shape index (κ2) is 8.70. The first-order chi connectivity index (χ1) is 11.5. The first-order valence-corrected chi connectivity index (χ1v) is 10.7. The summed E-state index contributed by atoms with van der Waals surface area (Å²) in [7, 11) is 0. The van der Waals surface area contributed by atoms with Crippen LogP contribution < -0.4 is 0 Å². The molecule has 4 heteroatoms. The summed E-state index contributed by atoms with van der Waals surface area (Å²) in [6.07, 6.45) is 11.5. The van der Waals surface area contributed by atoms with Crippen LogP contribution in [-0.4, -0.2) is 39.0 Å². The number of alkyl halides is 1. The van der Waals surface area contributed by atoms with E-state index in [4.69, 9.17) is 11.6 Å². The van der Waals surface area contributed by atoms with E-state index in [2.05, 4.69) is 0 Å². The van der Waals surface area contributed by atoms with Crippen LogP contribution in [0.5, 0.6) is 0 Å². The Kier molecular flexibility index (Phi) is 6.87. The van der Waals surface area contributed by atoms with Gasteiger partial charge in [0.05, 0.1) is 18.3 Å². The normalized spacial score (nSPS) is 47.5. The minimum Gasteiger partial charge on any atom is -0.393 e. The van der Waals surface area contributed by atoms with Gasteiger partial charge in [-0.05, 0) is 75.0 Å². The van der Waals surface area contributed by atoms with Crippen molar-refractivity contribution in [3.63, 3.8) is 0 Å². The SMILES string of the molecule is OC1CCCCC1CC1CC(Cl)CC(CC2CCCCC2O)C1O. The van der Waals surface area contributed by atoms with Gasteiger partial charge in [-0.1, -0.05) is 25.7 Å². The van der Waals surface area contributed by atoms with Gasteiger partial charge in [0.15, 0.2) is 0 Å². The lowest BCUT2D eigenvalue weighted by Gasteiger charge is -2.42. The summed E-state index contributed by atoms with van der Waals surface area (Å²) in [6, 6.07) is 0. The van der Waals surface area contributed by atoms with Crippen LogP contribution in [0.1, 0.15) is 77.0 Å². The van der Waals surface area contributed by atoms with E-state index in [9.17, 15) is 15.3 Å². The highest BCUT2D eigenvalue weighted by atomic mass is 35.5. The Balaban J connectivity index is 1.59. The third kappa shape index (κ3) is 4.66. The highest BCUT2D eigenvalue weighted by molar-refractivity contribution is 6.20. The lowest BCUT2D eigenvalue weighted by molar-refractivity contribution is -0.0326. The van der Waals surface area contributed by atoms with Crippen LogP contribution >= 0.6 is 11.6 Å². The Morgan fingerprint density at radius 3 is 1.46 bits per heavy atom. The molecule has 24 heavy (non-hydrogen) atoms.